The molecule has 14 heavy (non-hydrogen) atoms. The van der Waals surface area contributed by atoms with Crippen LogP contribution in [-0.4, -0.2) is 17.0 Å². The topological polar surface area (TPSA) is 37.8 Å². The number of rotatable bonds is 1. The van der Waals surface area contributed by atoms with Gasteiger partial charge in [0.05, 0.1) is 5.69 Å². The molecule has 0 amide bonds. The lowest BCUT2D eigenvalue weighted by molar-refractivity contribution is 0.440. The second kappa shape index (κ2) is 3.56. The number of aromatic nitrogens is 2. The predicted molar refractivity (Wildman–Crippen MR) is 57.5 cm³/mol. The molecule has 0 aliphatic heterocycles. The number of nitrogens with one attached hydrogen (secondary N) is 1. The van der Waals surface area contributed by atoms with Gasteiger partial charge in [-0.3, -0.25) is 0 Å². The minimum atomic E-state index is 0.573. The zero-order valence-corrected chi connectivity index (χ0v) is 9.04. The molecule has 1 N–H and O–H groups in total. The van der Waals surface area contributed by atoms with Crippen LogP contribution in [0.1, 0.15) is 37.4 Å². The third-order valence-corrected chi connectivity index (χ3v) is 2.91. The lowest BCUT2D eigenvalue weighted by Crippen LogP contribution is -2.17. The first-order chi connectivity index (χ1) is 6.70. The van der Waals surface area contributed by atoms with Gasteiger partial charge < -0.3 is 5.32 Å². The zero-order valence-electron chi connectivity index (χ0n) is 9.04. The van der Waals surface area contributed by atoms with E-state index in [-0.39, 0.29) is 0 Å². The summed E-state index contributed by atoms with van der Waals surface area (Å²) in [6.07, 6.45) is 4.34. The molecule has 0 aromatic carbocycles. The van der Waals surface area contributed by atoms with E-state index >= 15 is 0 Å². The first-order valence-corrected chi connectivity index (χ1v) is 5.24. The van der Waals surface area contributed by atoms with Crippen LogP contribution in [0.25, 0.3) is 0 Å². The molecule has 1 aromatic rings. The largest absolute Gasteiger partial charge is 0.357 e. The van der Waals surface area contributed by atoms with Crippen molar-refractivity contribution in [3.63, 3.8) is 0 Å². The summed E-state index contributed by atoms with van der Waals surface area (Å²) < 4.78 is 0. The van der Waals surface area contributed by atoms with Gasteiger partial charge in [0.25, 0.3) is 0 Å². The van der Waals surface area contributed by atoms with Gasteiger partial charge in [0.2, 0.25) is 5.95 Å². The molecule has 3 nitrogen and oxygen atoms in total. The zero-order chi connectivity index (χ0) is 10.1. The average Bonchev–Trinajstić information content (AvgIpc) is 2.17. The molecular weight excluding hydrogens is 174 g/mol. The number of fused-ring (bicyclic) bond motifs is 1. The molecule has 0 spiro atoms. The molecule has 1 aliphatic carbocycles. The first-order valence-electron chi connectivity index (χ1n) is 5.24. The molecule has 0 bridgehead atoms. The molecule has 0 radical (unpaired) electrons. The van der Waals surface area contributed by atoms with E-state index in [2.05, 4.69) is 29.1 Å². The van der Waals surface area contributed by atoms with Crippen LogP contribution >= 0.6 is 0 Å². The highest BCUT2D eigenvalue weighted by molar-refractivity contribution is 5.32. The second-order valence-corrected chi connectivity index (χ2v) is 4.30. The normalized spacial score (nSPS) is 25.6. The fourth-order valence-corrected chi connectivity index (χ4v) is 2.30. The monoisotopic (exact) mass is 191 g/mol. The Kier molecular flexibility index (Phi) is 2.40. The van der Waals surface area contributed by atoms with Crippen molar-refractivity contribution < 1.29 is 0 Å². The molecule has 0 saturated carbocycles. The molecule has 1 aromatic heterocycles. The van der Waals surface area contributed by atoms with Gasteiger partial charge in [0, 0.05) is 13.2 Å². The van der Waals surface area contributed by atoms with Crippen molar-refractivity contribution >= 4 is 5.95 Å². The number of nitrogens with zero attached hydrogens (tertiary/aromatic N) is 2. The SMILES string of the molecule is CNc1ncc2c(n1)C(C)CC(C)C2. The maximum Gasteiger partial charge on any atom is 0.222 e. The Balaban J connectivity index is 2.39. The van der Waals surface area contributed by atoms with Gasteiger partial charge in [-0.25, -0.2) is 9.97 Å². The maximum absolute atomic E-state index is 4.52. The molecular formula is C11H17N3. The highest BCUT2D eigenvalue weighted by Crippen LogP contribution is 2.32. The summed E-state index contributed by atoms with van der Waals surface area (Å²) in [5.41, 5.74) is 2.57. The van der Waals surface area contributed by atoms with Crippen molar-refractivity contribution in [3.8, 4) is 0 Å². The van der Waals surface area contributed by atoms with Crippen molar-refractivity contribution in [1.82, 2.24) is 9.97 Å². The Morgan fingerprint density at radius 2 is 2.21 bits per heavy atom. The van der Waals surface area contributed by atoms with E-state index in [1.165, 1.54) is 17.7 Å². The maximum atomic E-state index is 4.52. The number of hydrogen-bond acceptors (Lipinski definition) is 3. The van der Waals surface area contributed by atoms with E-state index in [1.54, 1.807) is 0 Å². The van der Waals surface area contributed by atoms with Gasteiger partial charge in [-0.05, 0) is 30.2 Å². The van der Waals surface area contributed by atoms with Crippen molar-refractivity contribution in [3.05, 3.63) is 17.5 Å². The Morgan fingerprint density at radius 1 is 1.43 bits per heavy atom. The van der Waals surface area contributed by atoms with E-state index in [0.29, 0.717) is 5.92 Å². The van der Waals surface area contributed by atoms with Gasteiger partial charge in [-0.15, -0.1) is 0 Å². The van der Waals surface area contributed by atoms with E-state index in [4.69, 9.17) is 0 Å². The molecule has 2 unspecified atom stereocenters. The molecule has 76 valence electrons. The van der Waals surface area contributed by atoms with Gasteiger partial charge >= 0.3 is 0 Å². The summed E-state index contributed by atoms with van der Waals surface area (Å²) in [5, 5.41) is 2.99. The van der Waals surface area contributed by atoms with E-state index in [9.17, 15) is 0 Å². The van der Waals surface area contributed by atoms with Gasteiger partial charge in [-0.1, -0.05) is 13.8 Å². The van der Waals surface area contributed by atoms with E-state index in [1.807, 2.05) is 13.2 Å². The van der Waals surface area contributed by atoms with Crippen molar-refractivity contribution in [1.29, 1.82) is 0 Å². The lowest BCUT2D eigenvalue weighted by atomic mass is 9.82. The Hall–Kier alpha value is -1.12. The first kappa shape index (κ1) is 9.44. The number of hydrogen-bond donors (Lipinski definition) is 1. The minimum Gasteiger partial charge on any atom is -0.357 e. The van der Waals surface area contributed by atoms with Gasteiger partial charge in [0.1, 0.15) is 0 Å². The van der Waals surface area contributed by atoms with Crippen LogP contribution < -0.4 is 5.32 Å². The fraction of sp³-hybridized carbons (Fsp3) is 0.636. The van der Waals surface area contributed by atoms with Crippen LogP contribution in [-0.2, 0) is 6.42 Å². The summed E-state index contributed by atoms with van der Waals surface area (Å²) in [7, 11) is 1.86. The van der Waals surface area contributed by atoms with Gasteiger partial charge in [-0.2, -0.15) is 0 Å². The molecule has 3 heteroatoms. The van der Waals surface area contributed by atoms with Crippen LogP contribution in [0.3, 0.4) is 0 Å². The third kappa shape index (κ3) is 1.59. The van der Waals surface area contributed by atoms with Crippen LogP contribution in [0.5, 0.6) is 0 Å². The molecule has 2 rings (SSSR count). The molecule has 2 atom stereocenters. The van der Waals surface area contributed by atoms with Crippen molar-refractivity contribution in [2.24, 2.45) is 5.92 Å². The molecule has 1 heterocycles. The highest BCUT2D eigenvalue weighted by Gasteiger charge is 2.23. The summed E-state index contributed by atoms with van der Waals surface area (Å²) in [5.74, 6) is 2.08. The number of anilines is 1. The predicted octanol–water partition coefficient (Wildman–Crippen LogP) is 2.20. The molecule has 0 saturated heterocycles. The summed E-state index contributed by atoms with van der Waals surface area (Å²) in [6.45, 7) is 4.55. The summed E-state index contributed by atoms with van der Waals surface area (Å²) in [4.78, 5) is 8.78. The van der Waals surface area contributed by atoms with Crippen molar-refractivity contribution in [2.75, 3.05) is 12.4 Å². The third-order valence-electron chi connectivity index (χ3n) is 2.91. The van der Waals surface area contributed by atoms with Crippen LogP contribution in [0.4, 0.5) is 5.95 Å². The lowest BCUT2D eigenvalue weighted by Gasteiger charge is -2.25. The molecule has 1 aliphatic rings. The second-order valence-electron chi connectivity index (χ2n) is 4.30. The van der Waals surface area contributed by atoms with Crippen LogP contribution in [0.2, 0.25) is 0 Å². The quantitative estimate of drug-likeness (QED) is 0.739. The van der Waals surface area contributed by atoms with E-state index in [0.717, 1.165) is 18.3 Å². The highest BCUT2D eigenvalue weighted by atomic mass is 15.1. The Bertz CT molecular complexity index is 335. The summed E-state index contributed by atoms with van der Waals surface area (Å²) in [6, 6.07) is 0. The van der Waals surface area contributed by atoms with Crippen molar-refractivity contribution in [2.45, 2.75) is 32.6 Å². The average molecular weight is 191 g/mol. The standard InChI is InChI=1S/C11H17N3/c1-7-4-8(2)10-9(5-7)6-13-11(12-3)14-10/h6-8H,4-5H2,1-3H3,(H,12,13,14). The Morgan fingerprint density at radius 3 is 2.93 bits per heavy atom. The van der Waals surface area contributed by atoms with Gasteiger partial charge in [0.15, 0.2) is 0 Å². The smallest absolute Gasteiger partial charge is 0.222 e. The fourth-order valence-electron chi connectivity index (χ4n) is 2.30. The summed E-state index contributed by atoms with van der Waals surface area (Å²) >= 11 is 0. The van der Waals surface area contributed by atoms with Crippen LogP contribution in [0.15, 0.2) is 6.20 Å². The Labute approximate surface area is 85.0 Å². The minimum absolute atomic E-state index is 0.573. The van der Waals surface area contributed by atoms with E-state index < -0.39 is 0 Å². The molecule has 0 fully saturated rings. The van der Waals surface area contributed by atoms with Crippen LogP contribution in [0, 0.1) is 5.92 Å².